The van der Waals surface area contributed by atoms with E-state index in [2.05, 4.69) is 49.7 Å². The quantitative estimate of drug-likeness (QED) is 0.452. The molecule has 1 saturated heterocycles. The van der Waals surface area contributed by atoms with Gasteiger partial charge in [0.05, 0.1) is 46.7 Å². The van der Waals surface area contributed by atoms with Crippen LogP contribution in [0.2, 0.25) is 0 Å². The van der Waals surface area contributed by atoms with Crippen molar-refractivity contribution in [3.63, 3.8) is 0 Å². The number of quaternary nitrogens is 1. The molecule has 3 aromatic rings. The van der Waals surface area contributed by atoms with Gasteiger partial charge >= 0.3 is 0 Å². The first-order chi connectivity index (χ1) is 16.0. The molecule has 33 heavy (non-hydrogen) atoms. The summed E-state index contributed by atoms with van der Waals surface area (Å²) in [6.07, 6.45) is 4.70. The van der Waals surface area contributed by atoms with Crippen LogP contribution in [0.15, 0.2) is 30.3 Å². The molecule has 0 N–H and O–H groups in total. The van der Waals surface area contributed by atoms with Crippen LogP contribution in [0.1, 0.15) is 37.4 Å². The number of fused-ring (bicyclic) bond motifs is 1. The SMILES string of the molecule is CCc1nn2c(-c3c(C)cc(OC)cc3OC)cccc2c1[N+](C)(CC1CC1)C1CCOC1. The molecule has 176 valence electrons. The van der Waals surface area contributed by atoms with Crippen LogP contribution in [0.3, 0.4) is 0 Å². The van der Waals surface area contributed by atoms with E-state index < -0.39 is 0 Å². The monoisotopic (exact) mass is 450 g/mol. The van der Waals surface area contributed by atoms with Gasteiger partial charge in [0.25, 0.3) is 0 Å². The molecule has 6 heteroatoms. The van der Waals surface area contributed by atoms with Crippen LogP contribution in [0.4, 0.5) is 5.69 Å². The van der Waals surface area contributed by atoms with Gasteiger partial charge in [0.1, 0.15) is 28.8 Å². The number of aryl methyl sites for hydroxylation is 2. The maximum absolute atomic E-state index is 5.88. The molecule has 0 spiro atoms. The van der Waals surface area contributed by atoms with Gasteiger partial charge in [-0.15, -0.1) is 0 Å². The van der Waals surface area contributed by atoms with Crippen LogP contribution in [0, 0.1) is 12.8 Å². The Morgan fingerprint density at radius 2 is 1.97 bits per heavy atom. The summed E-state index contributed by atoms with van der Waals surface area (Å²) in [5.74, 6) is 2.40. The highest BCUT2D eigenvalue weighted by atomic mass is 16.5. The molecule has 1 saturated carbocycles. The molecule has 3 heterocycles. The van der Waals surface area contributed by atoms with Gasteiger partial charge in [-0.25, -0.2) is 4.52 Å². The predicted octanol–water partition coefficient (Wildman–Crippen LogP) is 5.03. The van der Waals surface area contributed by atoms with E-state index in [9.17, 15) is 0 Å². The van der Waals surface area contributed by atoms with Crippen LogP contribution in [0.25, 0.3) is 16.8 Å². The molecule has 6 nitrogen and oxygen atoms in total. The average Bonchev–Trinajstić information content (AvgIpc) is 3.30. The fourth-order valence-corrected chi connectivity index (χ4v) is 5.65. The lowest BCUT2D eigenvalue weighted by Crippen LogP contribution is -2.55. The van der Waals surface area contributed by atoms with Gasteiger partial charge in [0.15, 0.2) is 5.69 Å². The van der Waals surface area contributed by atoms with Crippen LogP contribution in [0.5, 0.6) is 11.5 Å². The minimum atomic E-state index is 0.477. The number of benzene rings is 1. The van der Waals surface area contributed by atoms with Crippen molar-refractivity contribution >= 4 is 11.2 Å². The lowest BCUT2D eigenvalue weighted by molar-refractivity contribution is 0.158. The first-order valence-corrected chi connectivity index (χ1v) is 12.2. The fourth-order valence-electron chi connectivity index (χ4n) is 5.65. The van der Waals surface area contributed by atoms with E-state index in [0.29, 0.717) is 6.04 Å². The lowest BCUT2D eigenvalue weighted by Gasteiger charge is -2.39. The number of nitrogens with zero attached hydrogens (tertiary/aromatic N) is 3. The summed E-state index contributed by atoms with van der Waals surface area (Å²) >= 11 is 0. The second-order valence-corrected chi connectivity index (χ2v) is 9.79. The van der Waals surface area contributed by atoms with E-state index in [-0.39, 0.29) is 0 Å². The molecule has 5 rings (SSSR count). The maximum Gasteiger partial charge on any atom is 0.182 e. The van der Waals surface area contributed by atoms with Gasteiger partial charge < -0.3 is 14.2 Å². The van der Waals surface area contributed by atoms with E-state index in [1.54, 1.807) is 14.2 Å². The topological polar surface area (TPSA) is 45.0 Å². The van der Waals surface area contributed by atoms with Crippen molar-refractivity contribution in [2.24, 2.45) is 5.92 Å². The Kier molecular flexibility index (Phi) is 5.83. The maximum atomic E-state index is 5.88. The predicted molar refractivity (Wildman–Crippen MR) is 132 cm³/mol. The van der Waals surface area contributed by atoms with Gasteiger partial charge in [-0.05, 0) is 49.9 Å². The Morgan fingerprint density at radius 3 is 2.61 bits per heavy atom. The molecule has 2 atom stereocenters. The number of hydrogen-bond donors (Lipinski definition) is 0. The zero-order chi connectivity index (χ0) is 23.2. The number of pyridine rings is 1. The second kappa shape index (κ2) is 8.65. The largest absolute Gasteiger partial charge is 0.497 e. The third-order valence-corrected chi connectivity index (χ3v) is 7.58. The molecule has 0 bridgehead atoms. The van der Waals surface area contributed by atoms with E-state index in [0.717, 1.165) is 71.3 Å². The lowest BCUT2D eigenvalue weighted by atomic mass is 10.0. The zero-order valence-corrected chi connectivity index (χ0v) is 20.6. The van der Waals surface area contributed by atoms with E-state index in [1.807, 2.05) is 6.07 Å². The first-order valence-electron chi connectivity index (χ1n) is 12.2. The van der Waals surface area contributed by atoms with E-state index in [1.165, 1.54) is 29.7 Å². The van der Waals surface area contributed by atoms with E-state index in [4.69, 9.17) is 19.3 Å². The highest BCUT2D eigenvalue weighted by Crippen LogP contribution is 2.43. The van der Waals surface area contributed by atoms with Crippen molar-refractivity contribution < 1.29 is 14.2 Å². The molecule has 2 unspecified atom stereocenters. The van der Waals surface area contributed by atoms with Crippen molar-refractivity contribution in [1.29, 1.82) is 0 Å². The van der Waals surface area contributed by atoms with Gasteiger partial charge in [0, 0.05) is 24.0 Å². The third-order valence-electron chi connectivity index (χ3n) is 7.58. The third kappa shape index (κ3) is 3.79. The van der Waals surface area contributed by atoms with Crippen LogP contribution in [-0.4, -0.2) is 56.7 Å². The Labute approximate surface area is 196 Å². The number of likely N-dealkylation sites (N-methyl/N-ethyl adjacent to an activating group) is 1. The zero-order valence-electron chi connectivity index (χ0n) is 20.6. The summed E-state index contributed by atoms with van der Waals surface area (Å²) in [5.41, 5.74) is 6.95. The van der Waals surface area contributed by atoms with Crippen molar-refractivity contribution in [1.82, 2.24) is 14.1 Å². The fraction of sp³-hybridized carbons (Fsp3) is 0.519. The van der Waals surface area contributed by atoms with Crippen LogP contribution < -0.4 is 14.0 Å². The molecule has 2 aliphatic rings. The van der Waals surface area contributed by atoms with Gasteiger partial charge in [-0.1, -0.05) is 13.0 Å². The summed E-state index contributed by atoms with van der Waals surface area (Å²) in [6, 6.07) is 11.0. The Hall–Kier alpha value is -2.57. The number of methoxy groups -OCH3 is 2. The van der Waals surface area contributed by atoms with Gasteiger partial charge in [-0.3, -0.25) is 4.48 Å². The average molecular weight is 451 g/mol. The summed E-state index contributed by atoms with van der Waals surface area (Å²) in [5, 5.41) is 5.21. The molecular formula is C27H36N3O3+. The highest BCUT2D eigenvalue weighted by Gasteiger charge is 2.45. The van der Waals surface area contributed by atoms with Crippen molar-refractivity contribution in [2.75, 3.05) is 41.0 Å². The number of rotatable bonds is 8. The molecule has 1 aromatic carbocycles. The molecule has 2 aromatic heterocycles. The Bertz CT molecular complexity index is 1160. The summed E-state index contributed by atoms with van der Waals surface area (Å²) < 4.78 is 20.2. The Balaban J connectivity index is 1.73. The van der Waals surface area contributed by atoms with Gasteiger partial charge in [-0.2, -0.15) is 5.10 Å². The first kappa shape index (κ1) is 22.2. The Morgan fingerprint density at radius 1 is 1.15 bits per heavy atom. The minimum absolute atomic E-state index is 0.477. The normalized spacial score (nSPS) is 20.2. The van der Waals surface area contributed by atoms with Gasteiger partial charge in [0.2, 0.25) is 0 Å². The molecule has 0 radical (unpaired) electrons. The number of ether oxygens (including phenoxy) is 3. The van der Waals surface area contributed by atoms with Crippen molar-refractivity contribution in [3.8, 4) is 22.8 Å². The standard InChI is InChI=1S/C27H36N3O3/c1-6-22-27(30(3,16-19-10-11-19)20-12-13-33-17-20)24-9-7-8-23(29(24)28-22)26-18(2)14-21(31-4)15-25(26)32-5/h7-9,14-15,19-20H,6,10-13,16-17H2,1-5H3/q+1. The minimum Gasteiger partial charge on any atom is -0.497 e. The van der Waals surface area contributed by atoms with Crippen LogP contribution in [-0.2, 0) is 11.2 Å². The highest BCUT2D eigenvalue weighted by molar-refractivity contribution is 5.80. The molecule has 0 amide bonds. The van der Waals surface area contributed by atoms with Crippen LogP contribution >= 0.6 is 0 Å². The number of hydrogen-bond acceptors (Lipinski definition) is 4. The molecule has 2 fully saturated rings. The van der Waals surface area contributed by atoms with Crippen molar-refractivity contribution in [3.05, 3.63) is 41.6 Å². The molecular weight excluding hydrogens is 414 g/mol. The molecule has 1 aliphatic carbocycles. The van der Waals surface area contributed by atoms with E-state index >= 15 is 0 Å². The summed E-state index contributed by atoms with van der Waals surface area (Å²) in [7, 11) is 5.82. The molecule has 1 aliphatic heterocycles. The van der Waals surface area contributed by atoms with Crippen molar-refractivity contribution in [2.45, 2.75) is 45.6 Å². The smallest absolute Gasteiger partial charge is 0.182 e. The number of aromatic nitrogens is 2. The summed E-state index contributed by atoms with van der Waals surface area (Å²) in [6.45, 7) is 7.17. The summed E-state index contributed by atoms with van der Waals surface area (Å²) in [4.78, 5) is 0. The second-order valence-electron chi connectivity index (χ2n) is 9.79.